The Kier molecular flexibility index (Phi) is 10.4. The molecule has 3 rings (SSSR count). The number of rotatable bonds is 11. The summed E-state index contributed by atoms with van der Waals surface area (Å²) in [6.45, 7) is 10.7. The van der Waals surface area contributed by atoms with Crippen molar-refractivity contribution in [2.45, 2.75) is 71.5 Å². The molecule has 0 saturated carbocycles. The standard InChI is InChI=1S/C31H38ClN3O4S/c1-7-28(31(37)33-21(2)3)34(19-25-12-8-9-13-27(25)32)30(36)20-35(29-14-10-11-23(5)24(29)6)40(38,39)26-17-15-22(4)16-18-26/h8-18,21,28H,7,19-20H2,1-6H3,(H,33,37). The van der Waals surface area contributed by atoms with Gasteiger partial charge in [0.1, 0.15) is 12.6 Å². The quantitative estimate of drug-likeness (QED) is 0.309. The molecule has 40 heavy (non-hydrogen) atoms. The highest BCUT2D eigenvalue weighted by Gasteiger charge is 2.34. The summed E-state index contributed by atoms with van der Waals surface area (Å²) >= 11 is 6.45. The van der Waals surface area contributed by atoms with Crippen molar-refractivity contribution in [2.75, 3.05) is 10.8 Å². The van der Waals surface area contributed by atoms with Gasteiger partial charge in [-0.2, -0.15) is 0 Å². The Morgan fingerprint density at radius 2 is 1.57 bits per heavy atom. The Morgan fingerprint density at radius 3 is 2.17 bits per heavy atom. The number of carbonyl (C=O) groups excluding carboxylic acids is 2. The number of aryl methyl sites for hydroxylation is 2. The van der Waals surface area contributed by atoms with Crippen molar-refractivity contribution in [2.24, 2.45) is 0 Å². The number of nitrogens with zero attached hydrogens (tertiary/aromatic N) is 2. The number of benzene rings is 3. The monoisotopic (exact) mass is 583 g/mol. The van der Waals surface area contributed by atoms with E-state index in [0.29, 0.717) is 22.7 Å². The lowest BCUT2D eigenvalue weighted by Gasteiger charge is -2.34. The van der Waals surface area contributed by atoms with Gasteiger partial charge in [0.25, 0.3) is 10.0 Å². The van der Waals surface area contributed by atoms with E-state index >= 15 is 0 Å². The molecule has 0 aliphatic rings. The fraction of sp³-hybridized carbons (Fsp3) is 0.355. The summed E-state index contributed by atoms with van der Waals surface area (Å²) in [5.74, 6) is -0.820. The van der Waals surface area contributed by atoms with Gasteiger partial charge in [-0.1, -0.05) is 66.6 Å². The third-order valence-electron chi connectivity index (χ3n) is 6.85. The summed E-state index contributed by atoms with van der Waals surface area (Å²) in [7, 11) is -4.13. The summed E-state index contributed by atoms with van der Waals surface area (Å²) < 4.78 is 29.3. The van der Waals surface area contributed by atoms with Crippen molar-refractivity contribution in [3.05, 3.63) is 94.0 Å². The van der Waals surface area contributed by atoms with Crippen LogP contribution >= 0.6 is 11.6 Å². The van der Waals surface area contributed by atoms with Crippen LogP contribution in [0, 0.1) is 20.8 Å². The van der Waals surface area contributed by atoms with Gasteiger partial charge in [-0.15, -0.1) is 0 Å². The van der Waals surface area contributed by atoms with E-state index in [0.717, 1.165) is 21.0 Å². The van der Waals surface area contributed by atoms with Crippen molar-refractivity contribution < 1.29 is 18.0 Å². The van der Waals surface area contributed by atoms with Crippen LogP contribution in [0.4, 0.5) is 5.69 Å². The zero-order valence-electron chi connectivity index (χ0n) is 23.9. The second-order valence-corrected chi connectivity index (χ2v) is 12.5. The summed E-state index contributed by atoms with van der Waals surface area (Å²) in [6, 6.07) is 18.0. The Balaban J connectivity index is 2.12. The average Bonchev–Trinajstić information content (AvgIpc) is 2.89. The SMILES string of the molecule is CCC(C(=O)NC(C)C)N(Cc1ccccc1Cl)C(=O)CN(c1cccc(C)c1C)S(=O)(=O)c1ccc(C)cc1. The lowest BCUT2D eigenvalue weighted by Crippen LogP contribution is -2.53. The van der Waals surface area contributed by atoms with Gasteiger partial charge in [0, 0.05) is 17.6 Å². The number of amides is 2. The number of anilines is 1. The van der Waals surface area contributed by atoms with Gasteiger partial charge in [-0.3, -0.25) is 13.9 Å². The third kappa shape index (κ3) is 7.23. The van der Waals surface area contributed by atoms with Gasteiger partial charge in [-0.05, 0) is 82.0 Å². The molecule has 7 nitrogen and oxygen atoms in total. The Hall–Kier alpha value is -3.36. The largest absolute Gasteiger partial charge is 0.352 e. The molecule has 0 bridgehead atoms. The molecule has 3 aromatic carbocycles. The fourth-order valence-electron chi connectivity index (χ4n) is 4.47. The van der Waals surface area contributed by atoms with Gasteiger partial charge in [-0.25, -0.2) is 8.42 Å². The van der Waals surface area contributed by atoms with Gasteiger partial charge in [0.2, 0.25) is 11.8 Å². The molecule has 9 heteroatoms. The van der Waals surface area contributed by atoms with E-state index in [2.05, 4.69) is 5.32 Å². The second-order valence-electron chi connectivity index (χ2n) is 10.2. The first kappa shape index (κ1) is 31.2. The number of hydrogen-bond donors (Lipinski definition) is 1. The van der Waals surface area contributed by atoms with Crippen LogP contribution < -0.4 is 9.62 Å². The van der Waals surface area contributed by atoms with Gasteiger partial charge in [0.05, 0.1) is 10.6 Å². The molecule has 0 fully saturated rings. The Bertz CT molecular complexity index is 1460. The van der Waals surface area contributed by atoms with E-state index < -0.39 is 28.5 Å². The summed E-state index contributed by atoms with van der Waals surface area (Å²) in [6.07, 6.45) is 0.336. The highest BCUT2D eigenvalue weighted by molar-refractivity contribution is 7.92. The molecule has 214 valence electrons. The highest BCUT2D eigenvalue weighted by atomic mass is 35.5. The van der Waals surface area contributed by atoms with Crippen molar-refractivity contribution in [3.8, 4) is 0 Å². The zero-order chi connectivity index (χ0) is 29.6. The maximum Gasteiger partial charge on any atom is 0.264 e. The first-order valence-corrected chi connectivity index (χ1v) is 15.2. The van der Waals surface area contributed by atoms with Crippen LogP contribution in [0.3, 0.4) is 0 Å². The van der Waals surface area contributed by atoms with Crippen LogP contribution in [0.1, 0.15) is 49.4 Å². The third-order valence-corrected chi connectivity index (χ3v) is 8.99. The molecule has 0 saturated heterocycles. The van der Waals surface area contributed by atoms with E-state index in [4.69, 9.17) is 11.6 Å². The minimum absolute atomic E-state index is 0.0494. The first-order chi connectivity index (χ1) is 18.9. The molecule has 0 aromatic heterocycles. The second kappa shape index (κ2) is 13.3. The number of hydrogen-bond acceptors (Lipinski definition) is 4. The van der Waals surface area contributed by atoms with Crippen molar-refractivity contribution in [3.63, 3.8) is 0 Å². The van der Waals surface area contributed by atoms with Gasteiger partial charge in [0.15, 0.2) is 0 Å². The van der Waals surface area contributed by atoms with E-state index in [1.165, 1.54) is 4.90 Å². The molecular weight excluding hydrogens is 546 g/mol. The molecule has 0 aliphatic heterocycles. The number of sulfonamides is 1. The Labute approximate surface area is 243 Å². The average molecular weight is 584 g/mol. The maximum absolute atomic E-state index is 14.2. The van der Waals surface area contributed by atoms with Crippen molar-refractivity contribution in [1.29, 1.82) is 0 Å². The highest BCUT2D eigenvalue weighted by Crippen LogP contribution is 2.29. The van der Waals surface area contributed by atoms with Crippen LogP contribution in [0.15, 0.2) is 71.6 Å². The van der Waals surface area contributed by atoms with E-state index in [9.17, 15) is 18.0 Å². The molecule has 0 spiro atoms. The zero-order valence-corrected chi connectivity index (χ0v) is 25.5. The normalized spacial score (nSPS) is 12.2. The molecule has 1 atom stereocenters. The van der Waals surface area contributed by atoms with E-state index in [1.54, 1.807) is 54.6 Å². The number of carbonyl (C=O) groups is 2. The topological polar surface area (TPSA) is 86.8 Å². The van der Waals surface area contributed by atoms with Crippen molar-refractivity contribution in [1.82, 2.24) is 10.2 Å². The van der Waals surface area contributed by atoms with Crippen LogP contribution in [-0.4, -0.2) is 43.8 Å². The lowest BCUT2D eigenvalue weighted by atomic mass is 10.1. The smallest absolute Gasteiger partial charge is 0.264 e. The van der Waals surface area contributed by atoms with Crippen molar-refractivity contribution >= 4 is 39.1 Å². The molecule has 0 radical (unpaired) electrons. The van der Waals surface area contributed by atoms with E-state index in [-0.39, 0.29) is 23.4 Å². The fourth-order valence-corrected chi connectivity index (χ4v) is 6.13. The molecule has 1 N–H and O–H groups in total. The molecule has 0 heterocycles. The molecule has 3 aromatic rings. The van der Waals surface area contributed by atoms with Crippen LogP contribution in [0.2, 0.25) is 5.02 Å². The molecular formula is C31H38ClN3O4S. The predicted molar refractivity (Wildman–Crippen MR) is 161 cm³/mol. The number of halogens is 1. The minimum Gasteiger partial charge on any atom is -0.352 e. The summed E-state index contributed by atoms with van der Waals surface area (Å²) in [4.78, 5) is 28.9. The van der Waals surface area contributed by atoms with Crippen LogP contribution in [-0.2, 0) is 26.2 Å². The first-order valence-electron chi connectivity index (χ1n) is 13.4. The minimum atomic E-state index is -4.13. The number of nitrogens with one attached hydrogen (secondary N) is 1. The molecule has 1 unspecified atom stereocenters. The van der Waals surface area contributed by atoms with Gasteiger partial charge >= 0.3 is 0 Å². The van der Waals surface area contributed by atoms with Gasteiger partial charge < -0.3 is 10.2 Å². The molecule has 0 aliphatic carbocycles. The maximum atomic E-state index is 14.2. The van der Waals surface area contributed by atoms with E-state index in [1.807, 2.05) is 53.7 Å². The Morgan fingerprint density at radius 1 is 0.925 bits per heavy atom. The lowest BCUT2D eigenvalue weighted by molar-refractivity contribution is -0.140. The molecule has 2 amide bonds. The summed E-state index contributed by atoms with van der Waals surface area (Å²) in [5, 5.41) is 3.35. The summed E-state index contributed by atoms with van der Waals surface area (Å²) in [5.41, 5.74) is 3.62. The van der Waals surface area contributed by atoms with Crippen LogP contribution in [0.5, 0.6) is 0 Å². The predicted octanol–water partition coefficient (Wildman–Crippen LogP) is 5.79. The van der Waals surface area contributed by atoms with Crippen LogP contribution in [0.25, 0.3) is 0 Å².